The molecule has 3 N–H and O–H groups in total. The van der Waals surface area contributed by atoms with Crippen LogP contribution in [0.1, 0.15) is 59.3 Å². The molecule has 0 saturated carbocycles. The maximum Gasteiger partial charge on any atom is 0.314 e. The van der Waals surface area contributed by atoms with Crippen molar-refractivity contribution in [1.82, 2.24) is 10.6 Å². The molecule has 19 heavy (non-hydrogen) atoms. The first-order valence-corrected chi connectivity index (χ1v) is 7.25. The van der Waals surface area contributed by atoms with E-state index >= 15 is 0 Å². The van der Waals surface area contributed by atoms with Crippen molar-refractivity contribution in [3.63, 3.8) is 0 Å². The zero-order valence-electron chi connectivity index (χ0n) is 12.4. The van der Waals surface area contributed by atoms with Gasteiger partial charge in [-0.1, -0.05) is 26.7 Å². The van der Waals surface area contributed by atoms with Gasteiger partial charge in [0, 0.05) is 19.0 Å². The van der Waals surface area contributed by atoms with Gasteiger partial charge in [-0.05, 0) is 32.1 Å². The van der Waals surface area contributed by atoms with Crippen molar-refractivity contribution in [2.75, 3.05) is 6.54 Å². The third kappa shape index (κ3) is 10.4. The van der Waals surface area contributed by atoms with E-state index in [4.69, 9.17) is 5.11 Å². The SMILES string of the molecule is CCCC(CCNC(=O)NC(C)CC)CCC(=O)O. The average Bonchev–Trinajstić information content (AvgIpc) is 2.35. The molecular weight excluding hydrogens is 244 g/mol. The predicted molar refractivity (Wildman–Crippen MR) is 76.2 cm³/mol. The summed E-state index contributed by atoms with van der Waals surface area (Å²) in [4.78, 5) is 22.1. The second-order valence-electron chi connectivity index (χ2n) is 5.09. The molecule has 0 saturated heterocycles. The van der Waals surface area contributed by atoms with E-state index in [2.05, 4.69) is 17.6 Å². The molecule has 0 bridgehead atoms. The Bertz CT molecular complexity index is 269. The van der Waals surface area contributed by atoms with Gasteiger partial charge in [-0.3, -0.25) is 4.79 Å². The lowest BCUT2D eigenvalue weighted by molar-refractivity contribution is -0.137. The van der Waals surface area contributed by atoms with Gasteiger partial charge >= 0.3 is 12.0 Å². The molecule has 0 aromatic heterocycles. The highest BCUT2D eigenvalue weighted by molar-refractivity contribution is 5.74. The zero-order chi connectivity index (χ0) is 14.7. The Labute approximate surface area is 116 Å². The molecule has 0 aliphatic heterocycles. The van der Waals surface area contributed by atoms with Crippen LogP contribution in [0.4, 0.5) is 4.79 Å². The highest BCUT2D eigenvalue weighted by Crippen LogP contribution is 2.17. The van der Waals surface area contributed by atoms with E-state index in [1.807, 2.05) is 13.8 Å². The number of aliphatic carboxylic acids is 1. The molecule has 5 nitrogen and oxygen atoms in total. The number of urea groups is 1. The van der Waals surface area contributed by atoms with Crippen molar-refractivity contribution in [2.45, 2.75) is 65.3 Å². The molecule has 0 fully saturated rings. The van der Waals surface area contributed by atoms with E-state index in [1.165, 1.54) is 0 Å². The number of amides is 2. The van der Waals surface area contributed by atoms with Crippen molar-refractivity contribution in [2.24, 2.45) is 5.92 Å². The molecule has 0 aliphatic carbocycles. The standard InChI is InChI=1S/C14H28N2O3/c1-4-6-12(7-8-13(17)18)9-10-15-14(19)16-11(3)5-2/h11-12H,4-10H2,1-3H3,(H,17,18)(H2,15,16,19). The van der Waals surface area contributed by atoms with Crippen molar-refractivity contribution < 1.29 is 14.7 Å². The Hall–Kier alpha value is -1.26. The molecule has 0 aromatic carbocycles. The Morgan fingerprint density at radius 2 is 1.84 bits per heavy atom. The monoisotopic (exact) mass is 272 g/mol. The maximum absolute atomic E-state index is 11.5. The van der Waals surface area contributed by atoms with Gasteiger partial charge in [-0.15, -0.1) is 0 Å². The second kappa shape index (κ2) is 10.6. The Morgan fingerprint density at radius 3 is 2.37 bits per heavy atom. The molecule has 2 atom stereocenters. The first-order valence-electron chi connectivity index (χ1n) is 7.25. The number of rotatable bonds is 10. The fourth-order valence-electron chi connectivity index (χ4n) is 1.94. The molecule has 5 heteroatoms. The van der Waals surface area contributed by atoms with Crippen molar-refractivity contribution in [3.05, 3.63) is 0 Å². The van der Waals surface area contributed by atoms with Crippen LogP contribution in [0, 0.1) is 5.92 Å². The van der Waals surface area contributed by atoms with Crippen molar-refractivity contribution >= 4 is 12.0 Å². The van der Waals surface area contributed by atoms with Gasteiger partial charge in [-0.25, -0.2) is 4.79 Å². The van der Waals surface area contributed by atoms with Crippen LogP contribution in [0.3, 0.4) is 0 Å². The summed E-state index contributed by atoms with van der Waals surface area (Å²) in [7, 11) is 0. The summed E-state index contributed by atoms with van der Waals surface area (Å²) in [6.45, 7) is 6.68. The lowest BCUT2D eigenvalue weighted by Crippen LogP contribution is -2.41. The van der Waals surface area contributed by atoms with Gasteiger partial charge in [-0.2, -0.15) is 0 Å². The molecule has 2 amide bonds. The molecule has 0 spiro atoms. The summed E-state index contributed by atoms with van der Waals surface area (Å²) in [5, 5.41) is 14.4. The number of hydrogen-bond acceptors (Lipinski definition) is 2. The van der Waals surface area contributed by atoms with Gasteiger partial charge in [0.05, 0.1) is 0 Å². The number of nitrogens with one attached hydrogen (secondary N) is 2. The summed E-state index contributed by atoms with van der Waals surface area (Å²) in [5.74, 6) is -0.367. The molecule has 0 aromatic rings. The van der Waals surface area contributed by atoms with Crippen LogP contribution in [0.25, 0.3) is 0 Å². The average molecular weight is 272 g/mol. The first kappa shape index (κ1) is 17.7. The Morgan fingerprint density at radius 1 is 1.16 bits per heavy atom. The van der Waals surface area contributed by atoms with E-state index in [1.54, 1.807) is 0 Å². The topological polar surface area (TPSA) is 78.4 Å². The highest BCUT2D eigenvalue weighted by Gasteiger charge is 2.11. The van der Waals surface area contributed by atoms with Crippen LogP contribution >= 0.6 is 0 Å². The van der Waals surface area contributed by atoms with Crippen molar-refractivity contribution in [1.29, 1.82) is 0 Å². The van der Waals surface area contributed by atoms with E-state index in [-0.39, 0.29) is 18.5 Å². The van der Waals surface area contributed by atoms with Crippen LogP contribution in [0.2, 0.25) is 0 Å². The summed E-state index contributed by atoms with van der Waals surface area (Å²) < 4.78 is 0. The lowest BCUT2D eigenvalue weighted by atomic mass is 9.94. The minimum absolute atomic E-state index is 0.136. The van der Waals surface area contributed by atoms with Crippen molar-refractivity contribution in [3.8, 4) is 0 Å². The fourth-order valence-corrected chi connectivity index (χ4v) is 1.94. The van der Waals surface area contributed by atoms with Crippen LogP contribution in [0.5, 0.6) is 0 Å². The van der Waals surface area contributed by atoms with Gasteiger partial charge < -0.3 is 15.7 Å². The molecule has 0 rings (SSSR count). The first-order chi connectivity index (χ1) is 8.99. The van der Waals surface area contributed by atoms with E-state index < -0.39 is 5.97 Å². The smallest absolute Gasteiger partial charge is 0.314 e. The summed E-state index contributed by atoms with van der Waals surface area (Å²) in [6.07, 6.45) is 4.71. The molecule has 0 heterocycles. The minimum Gasteiger partial charge on any atom is -0.481 e. The van der Waals surface area contributed by atoms with E-state index in [9.17, 15) is 9.59 Å². The number of carboxylic acid groups (broad SMARTS) is 1. The van der Waals surface area contributed by atoms with Crippen LogP contribution in [0.15, 0.2) is 0 Å². The Kier molecular flexibility index (Phi) is 9.94. The van der Waals surface area contributed by atoms with Gasteiger partial charge in [0.25, 0.3) is 0 Å². The lowest BCUT2D eigenvalue weighted by Gasteiger charge is -2.16. The normalized spacial score (nSPS) is 13.6. The third-order valence-corrected chi connectivity index (χ3v) is 3.29. The number of carbonyl (C=O) groups excluding carboxylic acids is 1. The number of hydrogen-bond donors (Lipinski definition) is 3. The molecular formula is C14H28N2O3. The quantitative estimate of drug-likeness (QED) is 0.572. The van der Waals surface area contributed by atoms with Gasteiger partial charge in [0.2, 0.25) is 0 Å². The predicted octanol–water partition coefficient (Wildman–Crippen LogP) is 2.76. The molecule has 0 aliphatic rings. The van der Waals surface area contributed by atoms with Crippen LogP contribution in [-0.4, -0.2) is 29.7 Å². The molecule has 112 valence electrons. The van der Waals surface area contributed by atoms with E-state index in [0.29, 0.717) is 18.9 Å². The second-order valence-corrected chi connectivity index (χ2v) is 5.09. The molecule has 2 unspecified atom stereocenters. The van der Waals surface area contributed by atoms with Crippen LogP contribution in [-0.2, 0) is 4.79 Å². The van der Waals surface area contributed by atoms with Crippen LogP contribution < -0.4 is 10.6 Å². The summed E-state index contributed by atoms with van der Waals surface area (Å²) in [5.41, 5.74) is 0. The maximum atomic E-state index is 11.5. The Balaban J connectivity index is 3.84. The third-order valence-electron chi connectivity index (χ3n) is 3.29. The van der Waals surface area contributed by atoms with E-state index in [0.717, 1.165) is 25.7 Å². The largest absolute Gasteiger partial charge is 0.481 e. The van der Waals surface area contributed by atoms with Gasteiger partial charge in [0.1, 0.15) is 0 Å². The highest BCUT2D eigenvalue weighted by atomic mass is 16.4. The summed E-state index contributed by atoms with van der Waals surface area (Å²) >= 11 is 0. The number of carbonyl (C=O) groups is 2. The van der Waals surface area contributed by atoms with Gasteiger partial charge in [0.15, 0.2) is 0 Å². The zero-order valence-corrected chi connectivity index (χ0v) is 12.4. The molecule has 0 radical (unpaired) electrons. The minimum atomic E-state index is -0.747. The summed E-state index contributed by atoms with van der Waals surface area (Å²) in [6, 6.07) is 0.0429. The fraction of sp³-hybridized carbons (Fsp3) is 0.857. The number of carboxylic acids is 1.